The van der Waals surface area contributed by atoms with Gasteiger partial charge in [0.25, 0.3) is 0 Å². The number of unbranched alkanes of at least 4 members (excludes halogenated alkanes) is 2. The molecule has 1 aromatic carbocycles. The molecule has 1 unspecified atom stereocenters. The van der Waals surface area contributed by atoms with Crippen LogP contribution in [0.15, 0.2) is 24.3 Å². The summed E-state index contributed by atoms with van der Waals surface area (Å²) < 4.78 is 0. The third kappa shape index (κ3) is 13.1. The lowest BCUT2D eigenvalue weighted by molar-refractivity contribution is -0.140. The van der Waals surface area contributed by atoms with Crippen molar-refractivity contribution in [2.24, 2.45) is 22.5 Å². The van der Waals surface area contributed by atoms with Gasteiger partial charge in [0, 0.05) is 25.1 Å². The number of imide groups is 1. The number of benzene rings is 1. The molecule has 266 valence electrons. The van der Waals surface area contributed by atoms with Gasteiger partial charge in [-0.25, -0.2) is 0 Å². The van der Waals surface area contributed by atoms with E-state index in [0.29, 0.717) is 31.5 Å². The van der Waals surface area contributed by atoms with Crippen molar-refractivity contribution in [1.82, 2.24) is 20.9 Å². The van der Waals surface area contributed by atoms with Crippen LogP contribution in [0, 0.1) is 16.7 Å². The van der Waals surface area contributed by atoms with E-state index in [2.05, 4.69) is 42.0 Å². The Kier molecular flexibility index (Phi) is 14.3. The van der Waals surface area contributed by atoms with E-state index in [4.69, 9.17) is 5.73 Å². The maximum Gasteiger partial charge on any atom is 0.247 e. The monoisotopic (exact) mass is 670 g/mol. The molecule has 4 atom stereocenters. The molecule has 6 N–H and O–H groups in total. The number of amides is 7. The summed E-state index contributed by atoms with van der Waals surface area (Å²) in [6, 6.07) is 3.94. The molecule has 1 fully saturated rings. The first-order valence-electron chi connectivity index (χ1n) is 16.6. The van der Waals surface area contributed by atoms with E-state index in [-0.39, 0.29) is 47.3 Å². The van der Waals surface area contributed by atoms with Crippen LogP contribution in [0.2, 0.25) is 0 Å². The van der Waals surface area contributed by atoms with Crippen molar-refractivity contribution in [2.75, 3.05) is 11.9 Å². The Morgan fingerprint density at radius 1 is 0.833 bits per heavy atom. The normalized spacial score (nSPS) is 16.9. The number of likely N-dealkylation sites (tertiary alicyclic amines) is 1. The summed E-state index contributed by atoms with van der Waals surface area (Å²) in [6.07, 6.45) is 2.45. The molecule has 1 aliphatic heterocycles. The van der Waals surface area contributed by atoms with Crippen LogP contribution in [0.3, 0.4) is 0 Å². The Balaban J connectivity index is 1.79. The maximum atomic E-state index is 12.9. The van der Waals surface area contributed by atoms with Gasteiger partial charge in [-0.3, -0.25) is 38.5 Å². The minimum absolute atomic E-state index is 0.0930. The van der Waals surface area contributed by atoms with Crippen molar-refractivity contribution in [2.45, 2.75) is 118 Å². The molecule has 1 saturated heterocycles. The zero-order chi connectivity index (χ0) is 36.4. The number of rotatable bonds is 16. The molecule has 13 heteroatoms. The second-order valence-electron chi connectivity index (χ2n) is 15.0. The molecule has 0 bridgehead atoms. The first kappa shape index (κ1) is 39.9. The smallest absolute Gasteiger partial charge is 0.247 e. The number of carbonyl (C=O) groups is 7. The van der Waals surface area contributed by atoms with Gasteiger partial charge in [-0.2, -0.15) is 0 Å². The molecular formula is C35H54N6O7. The third-order valence-electron chi connectivity index (χ3n) is 8.09. The number of nitrogens with one attached hydrogen (secondary N) is 4. The molecule has 13 nitrogen and oxygen atoms in total. The van der Waals surface area contributed by atoms with Gasteiger partial charge in [0.15, 0.2) is 0 Å². The van der Waals surface area contributed by atoms with Gasteiger partial charge < -0.3 is 27.0 Å². The fourth-order valence-electron chi connectivity index (χ4n) is 5.36. The van der Waals surface area contributed by atoms with E-state index in [1.165, 1.54) is 18.7 Å². The van der Waals surface area contributed by atoms with Crippen LogP contribution in [0.1, 0.15) is 99.5 Å². The SMILES string of the molecule is C[C@H](NC(=O)CCCCCN1C(=O)CC(C(C)(C)C)C1=O)C(=O)N[C@@H](C)C(=O)N[C@@H](CC(N)=O)C(=O)Nc1ccc(CC(C)(C)C)cc1. The number of anilines is 1. The van der Waals surface area contributed by atoms with Crippen LogP contribution < -0.4 is 27.0 Å². The van der Waals surface area contributed by atoms with Crippen LogP contribution >= 0.6 is 0 Å². The molecule has 0 saturated carbocycles. The highest BCUT2D eigenvalue weighted by molar-refractivity contribution is 6.04. The Hall–Kier alpha value is -4.29. The Morgan fingerprint density at radius 3 is 1.96 bits per heavy atom. The standard InChI is InChI=1S/C35H54N6O7/c1-21(37-28(43)12-10-9-11-17-41-29(44)18-25(33(41)48)35(6,7)8)30(45)38-22(2)31(46)40-26(19-27(36)42)32(47)39-24-15-13-23(14-16-24)20-34(3,4)5/h13-16,21-22,25-26H,9-12,17-20H2,1-8H3,(H2,36,42)(H,37,43)(H,38,45)(H,39,47)(H,40,46)/t21-,22-,25?,26-/m0/s1. The molecular weight excluding hydrogens is 616 g/mol. The van der Waals surface area contributed by atoms with E-state index < -0.39 is 48.2 Å². The Bertz CT molecular complexity index is 1350. The van der Waals surface area contributed by atoms with Crippen LogP contribution in [0.4, 0.5) is 5.69 Å². The number of nitrogens with two attached hydrogens (primary N) is 1. The third-order valence-corrected chi connectivity index (χ3v) is 8.09. The van der Waals surface area contributed by atoms with Gasteiger partial charge in [-0.1, -0.05) is 60.1 Å². The molecule has 1 aliphatic rings. The summed E-state index contributed by atoms with van der Waals surface area (Å²) in [5.41, 5.74) is 6.71. The minimum atomic E-state index is -1.28. The van der Waals surface area contributed by atoms with Gasteiger partial charge in [0.05, 0.1) is 12.3 Å². The molecule has 2 rings (SSSR count). The first-order chi connectivity index (χ1) is 22.2. The summed E-state index contributed by atoms with van der Waals surface area (Å²) in [5.74, 6) is -3.75. The average Bonchev–Trinajstić information content (AvgIpc) is 3.25. The predicted molar refractivity (Wildman–Crippen MR) is 182 cm³/mol. The van der Waals surface area contributed by atoms with Gasteiger partial charge in [-0.05, 0) is 61.6 Å². The average molecular weight is 671 g/mol. The zero-order valence-corrected chi connectivity index (χ0v) is 29.7. The summed E-state index contributed by atoms with van der Waals surface area (Å²) >= 11 is 0. The summed E-state index contributed by atoms with van der Waals surface area (Å²) in [7, 11) is 0. The number of hydrogen-bond acceptors (Lipinski definition) is 7. The zero-order valence-electron chi connectivity index (χ0n) is 29.7. The first-order valence-corrected chi connectivity index (χ1v) is 16.6. The highest BCUT2D eigenvalue weighted by atomic mass is 16.2. The summed E-state index contributed by atoms with van der Waals surface area (Å²) in [5, 5.41) is 10.3. The Labute approximate surface area is 283 Å². The molecule has 1 heterocycles. The van der Waals surface area contributed by atoms with E-state index >= 15 is 0 Å². The van der Waals surface area contributed by atoms with E-state index in [0.717, 1.165) is 12.0 Å². The fourth-order valence-corrected chi connectivity index (χ4v) is 5.36. The predicted octanol–water partition coefficient (Wildman–Crippen LogP) is 2.56. The van der Waals surface area contributed by atoms with E-state index in [9.17, 15) is 33.6 Å². The number of hydrogen-bond donors (Lipinski definition) is 5. The van der Waals surface area contributed by atoms with Gasteiger partial charge in [0.2, 0.25) is 41.4 Å². The molecule has 1 aromatic rings. The van der Waals surface area contributed by atoms with Gasteiger partial charge in [0.1, 0.15) is 18.1 Å². The molecule has 0 spiro atoms. The second-order valence-corrected chi connectivity index (χ2v) is 15.0. The van der Waals surface area contributed by atoms with Crippen molar-refractivity contribution in [1.29, 1.82) is 0 Å². The summed E-state index contributed by atoms with van der Waals surface area (Å²) in [4.78, 5) is 88.8. The summed E-state index contributed by atoms with van der Waals surface area (Å²) in [6.45, 7) is 15.4. The van der Waals surface area contributed by atoms with Crippen molar-refractivity contribution in [3.8, 4) is 0 Å². The van der Waals surface area contributed by atoms with Crippen molar-refractivity contribution >= 4 is 47.0 Å². The lowest BCUT2D eigenvalue weighted by atomic mass is 9.80. The van der Waals surface area contributed by atoms with Crippen LogP contribution in [0.25, 0.3) is 0 Å². The highest BCUT2D eigenvalue weighted by Gasteiger charge is 2.44. The van der Waals surface area contributed by atoms with Crippen molar-refractivity contribution < 1.29 is 33.6 Å². The number of primary amides is 1. The fraction of sp³-hybridized carbons (Fsp3) is 0.629. The number of nitrogens with zero attached hydrogens (tertiary/aromatic N) is 1. The molecule has 7 amide bonds. The minimum Gasteiger partial charge on any atom is -0.370 e. The number of carbonyl (C=O) groups excluding carboxylic acids is 7. The van der Waals surface area contributed by atoms with Crippen LogP contribution in [0.5, 0.6) is 0 Å². The maximum absolute atomic E-state index is 12.9. The van der Waals surface area contributed by atoms with Gasteiger partial charge in [-0.15, -0.1) is 0 Å². The quantitative estimate of drug-likeness (QED) is 0.132. The topological polar surface area (TPSA) is 197 Å². The Morgan fingerprint density at radius 2 is 1.42 bits per heavy atom. The molecule has 48 heavy (non-hydrogen) atoms. The van der Waals surface area contributed by atoms with Crippen LogP contribution in [-0.4, -0.2) is 70.9 Å². The second kappa shape index (κ2) is 17.2. The largest absolute Gasteiger partial charge is 0.370 e. The van der Waals surface area contributed by atoms with Gasteiger partial charge >= 0.3 is 0 Å². The van der Waals surface area contributed by atoms with Crippen LogP contribution in [-0.2, 0) is 40.0 Å². The van der Waals surface area contributed by atoms with E-state index in [1.807, 2.05) is 32.9 Å². The lowest BCUT2D eigenvalue weighted by Gasteiger charge is -2.24. The highest BCUT2D eigenvalue weighted by Crippen LogP contribution is 2.35. The van der Waals surface area contributed by atoms with E-state index in [1.54, 1.807) is 12.1 Å². The van der Waals surface area contributed by atoms with Crippen molar-refractivity contribution in [3.05, 3.63) is 29.8 Å². The molecule has 0 aliphatic carbocycles. The van der Waals surface area contributed by atoms with Crippen molar-refractivity contribution in [3.63, 3.8) is 0 Å². The lowest BCUT2D eigenvalue weighted by Crippen LogP contribution is -2.55. The molecule has 0 aromatic heterocycles. The molecule has 0 radical (unpaired) electrons.